The Morgan fingerprint density at radius 3 is 2.74 bits per heavy atom. The standard InChI is InChI=1S/C25H25N5O3S2/c1-13-22(34-25(27-13)29-20-7-6-16-8-9-26-23(16)28-20)17-10-18-12-30(14(2)15-4-5-15)24(31)21(18)19(11-17)35(3,32)33/h6-11,14-15H,4-5,12H2,1-3H3,(H2,26,27,28,29). The molecule has 4 aromatic rings. The first-order valence-corrected chi connectivity index (χ1v) is 14.3. The molecule has 0 radical (unpaired) electrons. The van der Waals surface area contributed by atoms with Crippen molar-refractivity contribution in [2.45, 2.75) is 44.2 Å². The SMILES string of the molecule is Cc1nc(Nc2ccc3cc[nH]c3n2)sc1-c1cc2c(c(S(C)(=O)=O)c1)C(=O)N(C(C)C1CC1)C2. The fourth-order valence-electron chi connectivity index (χ4n) is 4.85. The number of sulfone groups is 1. The summed E-state index contributed by atoms with van der Waals surface area (Å²) in [6.45, 7) is 4.40. The van der Waals surface area contributed by atoms with Gasteiger partial charge < -0.3 is 15.2 Å². The first-order chi connectivity index (χ1) is 16.7. The number of aryl methyl sites for hydroxylation is 1. The van der Waals surface area contributed by atoms with E-state index in [0.717, 1.165) is 45.6 Å². The highest BCUT2D eigenvalue weighted by Crippen LogP contribution is 2.42. The zero-order valence-electron chi connectivity index (χ0n) is 19.6. The van der Waals surface area contributed by atoms with Crippen LogP contribution in [0, 0.1) is 12.8 Å². The molecule has 1 saturated carbocycles. The summed E-state index contributed by atoms with van der Waals surface area (Å²) in [5.74, 6) is 0.993. The number of fused-ring (bicyclic) bond motifs is 2. The van der Waals surface area contributed by atoms with Crippen LogP contribution >= 0.6 is 11.3 Å². The maximum Gasteiger partial charge on any atom is 0.256 e. The predicted octanol–water partition coefficient (Wildman–Crippen LogP) is 4.90. The predicted molar refractivity (Wildman–Crippen MR) is 137 cm³/mol. The fraction of sp³-hybridized carbons (Fsp3) is 0.320. The Morgan fingerprint density at radius 2 is 2.00 bits per heavy atom. The molecule has 1 aliphatic carbocycles. The van der Waals surface area contributed by atoms with E-state index < -0.39 is 9.84 Å². The van der Waals surface area contributed by atoms with Crippen LogP contribution in [-0.2, 0) is 16.4 Å². The van der Waals surface area contributed by atoms with Gasteiger partial charge in [0.05, 0.1) is 21.0 Å². The van der Waals surface area contributed by atoms with E-state index in [9.17, 15) is 13.2 Å². The van der Waals surface area contributed by atoms with Crippen LogP contribution in [0.15, 0.2) is 41.4 Å². The first-order valence-electron chi connectivity index (χ1n) is 11.6. The van der Waals surface area contributed by atoms with Crippen molar-refractivity contribution in [1.82, 2.24) is 19.9 Å². The zero-order chi connectivity index (χ0) is 24.5. The molecule has 3 aromatic heterocycles. The molecule has 10 heteroatoms. The molecule has 2 N–H and O–H groups in total. The number of carbonyl (C=O) groups excluding carboxylic acids is 1. The summed E-state index contributed by atoms with van der Waals surface area (Å²) in [7, 11) is -3.61. The van der Waals surface area contributed by atoms with Crippen molar-refractivity contribution in [3.63, 3.8) is 0 Å². The average molecular weight is 508 g/mol. The number of thiazole rings is 1. The summed E-state index contributed by atoms with van der Waals surface area (Å²) < 4.78 is 25.5. The van der Waals surface area contributed by atoms with E-state index in [1.165, 1.54) is 17.6 Å². The molecule has 0 spiro atoms. The van der Waals surface area contributed by atoms with Gasteiger partial charge in [0.15, 0.2) is 15.0 Å². The molecule has 0 saturated heterocycles. The monoisotopic (exact) mass is 507 g/mol. The molecule has 35 heavy (non-hydrogen) atoms. The summed E-state index contributed by atoms with van der Waals surface area (Å²) in [5.41, 5.74) is 3.42. The van der Waals surface area contributed by atoms with Gasteiger partial charge in [-0.2, -0.15) is 0 Å². The van der Waals surface area contributed by atoms with Gasteiger partial charge in [-0.3, -0.25) is 4.79 Å². The van der Waals surface area contributed by atoms with Gasteiger partial charge in [-0.15, -0.1) is 0 Å². The number of hydrogen-bond donors (Lipinski definition) is 2. The molecule has 1 unspecified atom stereocenters. The maximum absolute atomic E-state index is 13.3. The van der Waals surface area contributed by atoms with Gasteiger partial charge in [0.2, 0.25) is 0 Å². The second-order valence-electron chi connectivity index (χ2n) is 9.46. The van der Waals surface area contributed by atoms with Gasteiger partial charge in [0, 0.05) is 30.4 Å². The Hall–Kier alpha value is -3.24. The number of aromatic amines is 1. The number of hydrogen-bond acceptors (Lipinski definition) is 7. The number of nitrogens with one attached hydrogen (secondary N) is 2. The van der Waals surface area contributed by atoms with Gasteiger partial charge >= 0.3 is 0 Å². The molecule has 1 aromatic carbocycles. The van der Waals surface area contributed by atoms with E-state index in [-0.39, 0.29) is 16.8 Å². The van der Waals surface area contributed by atoms with Crippen molar-refractivity contribution in [2.75, 3.05) is 11.6 Å². The summed E-state index contributed by atoms with van der Waals surface area (Å²) in [6.07, 6.45) is 5.25. The molecule has 4 heterocycles. The summed E-state index contributed by atoms with van der Waals surface area (Å²) >= 11 is 1.44. The number of anilines is 2. The van der Waals surface area contributed by atoms with Crippen LogP contribution in [0.1, 0.15) is 41.4 Å². The summed E-state index contributed by atoms with van der Waals surface area (Å²) in [4.78, 5) is 28.4. The Bertz CT molecular complexity index is 1600. The van der Waals surface area contributed by atoms with E-state index in [1.807, 2.05) is 42.3 Å². The number of nitrogens with zero attached hydrogens (tertiary/aromatic N) is 3. The number of H-pyrrole nitrogens is 1. The lowest BCUT2D eigenvalue weighted by molar-refractivity contribution is 0.0694. The first kappa shape index (κ1) is 22.2. The molecular weight excluding hydrogens is 482 g/mol. The molecule has 180 valence electrons. The third kappa shape index (κ3) is 3.90. The molecule has 0 bridgehead atoms. The van der Waals surface area contributed by atoms with Crippen LogP contribution < -0.4 is 5.32 Å². The largest absolute Gasteiger partial charge is 0.346 e. The second kappa shape index (κ2) is 7.89. The zero-order valence-corrected chi connectivity index (χ0v) is 21.3. The Morgan fingerprint density at radius 1 is 1.20 bits per heavy atom. The molecule has 8 nitrogen and oxygen atoms in total. The van der Waals surface area contributed by atoms with Crippen molar-refractivity contribution in [2.24, 2.45) is 5.92 Å². The molecule has 2 aliphatic rings. The van der Waals surface area contributed by atoms with Crippen molar-refractivity contribution >= 4 is 49.1 Å². The number of rotatable bonds is 6. The molecule has 1 fully saturated rings. The summed E-state index contributed by atoms with van der Waals surface area (Å²) in [6, 6.07) is 9.52. The topological polar surface area (TPSA) is 108 Å². The van der Waals surface area contributed by atoms with Crippen LogP contribution in [0.3, 0.4) is 0 Å². The lowest BCUT2D eigenvalue weighted by Crippen LogP contribution is -2.35. The number of carbonyl (C=O) groups is 1. The lowest BCUT2D eigenvalue weighted by Gasteiger charge is -2.24. The van der Waals surface area contributed by atoms with Crippen molar-refractivity contribution in [3.8, 4) is 10.4 Å². The van der Waals surface area contributed by atoms with E-state index >= 15 is 0 Å². The van der Waals surface area contributed by atoms with E-state index in [0.29, 0.717) is 29.0 Å². The third-order valence-electron chi connectivity index (χ3n) is 6.90. The molecule has 6 rings (SSSR count). The fourth-order valence-corrected chi connectivity index (χ4v) is 6.74. The van der Waals surface area contributed by atoms with Crippen LogP contribution in [0.25, 0.3) is 21.5 Å². The van der Waals surface area contributed by atoms with Gasteiger partial charge in [-0.05, 0) is 74.1 Å². The van der Waals surface area contributed by atoms with Gasteiger partial charge in [-0.25, -0.2) is 18.4 Å². The lowest BCUT2D eigenvalue weighted by atomic mass is 10.0. The van der Waals surface area contributed by atoms with Crippen LogP contribution in [0.5, 0.6) is 0 Å². The van der Waals surface area contributed by atoms with Crippen LogP contribution in [-0.4, -0.2) is 46.5 Å². The number of pyridine rings is 1. The Labute approximate surface area is 207 Å². The number of amides is 1. The highest BCUT2D eigenvalue weighted by atomic mass is 32.2. The van der Waals surface area contributed by atoms with Crippen LogP contribution in [0.4, 0.5) is 10.9 Å². The minimum Gasteiger partial charge on any atom is -0.346 e. The number of aromatic nitrogens is 3. The van der Waals surface area contributed by atoms with E-state index in [1.54, 1.807) is 6.07 Å². The van der Waals surface area contributed by atoms with Crippen molar-refractivity contribution in [1.29, 1.82) is 0 Å². The van der Waals surface area contributed by atoms with Crippen molar-refractivity contribution in [3.05, 3.63) is 53.3 Å². The highest BCUT2D eigenvalue weighted by molar-refractivity contribution is 7.90. The normalized spacial score (nSPS) is 16.7. The average Bonchev–Trinajstić information content (AvgIpc) is 3.31. The van der Waals surface area contributed by atoms with E-state index in [4.69, 9.17) is 0 Å². The molecular formula is C25H25N5O3S2. The molecule has 1 aliphatic heterocycles. The number of benzene rings is 1. The second-order valence-corrected chi connectivity index (χ2v) is 12.4. The van der Waals surface area contributed by atoms with Gasteiger partial charge in [0.1, 0.15) is 11.5 Å². The minimum absolute atomic E-state index is 0.0988. The minimum atomic E-state index is -3.61. The van der Waals surface area contributed by atoms with Gasteiger partial charge in [-0.1, -0.05) is 11.3 Å². The Kier molecular flexibility index (Phi) is 5.01. The third-order valence-corrected chi connectivity index (χ3v) is 9.14. The van der Waals surface area contributed by atoms with E-state index in [2.05, 4.69) is 27.2 Å². The van der Waals surface area contributed by atoms with Crippen molar-refractivity contribution < 1.29 is 13.2 Å². The highest BCUT2D eigenvalue weighted by Gasteiger charge is 2.41. The molecule has 1 atom stereocenters. The summed E-state index contributed by atoms with van der Waals surface area (Å²) in [5, 5.41) is 4.95. The maximum atomic E-state index is 13.3. The molecule has 1 amide bonds. The van der Waals surface area contributed by atoms with Crippen LogP contribution in [0.2, 0.25) is 0 Å². The Balaban J connectivity index is 1.38. The quantitative estimate of drug-likeness (QED) is 0.384. The smallest absolute Gasteiger partial charge is 0.256 e. The van der Waals surface area contributed by atoms with Gasteiger partial charge in [0.25, 0.3) is 5.91 Å².